The van der Waals surface area contributed by atoms with E-state index in [9.17, 15) is 9.59 Å². The van der Waals surface area contributed by atoms with Crippen LogP contribution in [0.5, 0.6) is 0 Å². The number of carbonyl (C=O) groups excluding carboxylic acids is 2. The molecule has 0 spiro atoms. The summed E-state index contributed by atoms with van der Waals surface area (Å²) in [6.45, 7) is 3.45. The summed E-state index contributed by atoms with van der Waals surface area (Å²) in [4.78, 5) is 23.1. The van der Waals surface area contributed by atoms with E-state index in [-0.39, 0.29) is 5.70 Å². The molecule has 0 unspecified atom stereocenters. The Morgan fingerprint density at radius 3 is 2.10 bits per heavy atom. The van der Waals surface area contributed by atoms with Gasteiger partial charge in [0.1, 0.15) is 5.70 Å². The van der Waals surface area contributed by atoms with Gasteiger partial charge in [0.05, 0.1) is 7.11 Å². The van der Waals surface area contributed by atoms with Crippen LogP contribution in [0.1, 0.15) is 10.4 Å². The fraction of sp³-hybridized carbons (Fsp3) is 0.0588. The molecule has 21 heavy (non-hydrogen) atoms. The van der Waals surface area contributed by atoms with E-state index in [1.165, 1.54) is 7.11 Å². The van der Waals surface area contributed by atoms with Crippen molar-refractivity contribution in [3.05, 3.63) is 72.4 Å². The smallest absolute Gasteiger partial charge is 0.353 e. The lowest BCUT2D eigenvalue weighted by Gasteiger charge is -2.07. The number of hydrogen-bond donors (Lipinski definition) is 1. The van der Waals surface area contributed by atoms with Crippen molar-refractivity contribution in [3.8, 4) is 11.1 Å². The van der Waals surface area contributed by atoms with Gasteiger partial charge in [-0.15, -0.1) is 0 Å². The topological polar surface area (TPSA) is 55.4 Å². The number of amides is 1. The van der Waals surface area contributed by atoms with Crippen LogP contribution in [0.3, 0.4) is 0 Å². The van der Waals surface area contributed by atoms with Crippen molar-refractivity contribution in [1.82, 2.24) is 5.32 Å². The Labute approximate surface area is 123 Å². The maximum atomic E-state index is 11.9. The molecule has 4 heteroatoms. The third-order valence-corrected chi connectivity index (χ3v) is 2.95. The van der Waals surface area contributed by atoms with Crippen molar-refractivity contribution in [2.24, 2.45) is 0 Å². The molecule has 0 fully saturated rings. The van der Waals surface area contributed by atoms with Crippen molar-refractivity contribution >= 4 is 11.9 Å². The van der Waals surface area contributed by atoms with Crippen LogP contribution in [0.15, 0.2) is 66.9 Å². The molecule has 0 radical (unpaired) electrons. The second-order valence-electron chi connectivity index (χ2n) is 4.37. The van der Waals surface area contributed by atoms with Gasteiger partial charge in [0, 0.05) is 5.56 Å². The fourth-order valence-electron chi connectivity index (χ4n) is 1.83. The molecule has 106 valence electrons. The zero-order valence-electron chi connectivity index (χ0n) is 11.6. The molecular formula is C17H15NO3. The van der Waals surface area contributed by atoms with Crippen LogP contribution < -0.4 is 5.32 Å². The van der Waals surface area contributed by atoms with E-state index in [4.69, 9.17) is 0 Å². The molecule has 0 aliphatic heterocycles. The second kappa shape index (κ2) is 6.52. The Morgan fingerprint density at radius 2 is 1.52 bits per heavy atom. The highest BCUT2D eigenvalue weighted by Gasteiger charge is 2.12. The lowest BCUT2D eigenvalue weighted by Crippen LogP contribution is -2.27. The van der Waals surface area contributed by atoms with Crippen molar-refractivity contribution in [1.29, 1.82) is 0 Å². The highest BCUT2D eigenvalue weighted by Crippen LogP contribution is 2.19. The zero-order valence-corrected chi connectivity index (χ0v) is 11.6. The normalized spacial score (nSPS) is 9.76. The van der Waals surface area contributed by atoms with Gasteiger partial charge in [-0.1, -0.05) is 49.0 Å². The highest BCUT2D eigenvalue weighted by atomic mass is 16.5. The first-order valence-electron chi connectivity index (χ1n) is 6.36. The minimum atomic E-state index is -0.663. The van der Waals surface area contributed by atoms with E-state index in [1.54, 1.807) is 12.1 Å². The number of hydrogen-bond acceptors (Lipinski definition) is 3. The summed E-state index contributed by atoms with van der Waals surface area (Å²) < 4.78 is 4.47. The molecule has 2 aromatic rings. The number of nitrogens with one attached hydrogen (secondary N) is 1. The Balaban J connectivity index is 2.10. The fourth-order valence-corrected chi connectivity index (χ4v) is 1.83. The van der Waals surface area contributed by atoms with Crippen LogP contribution in [0.2, 0.25) is 0 Å². The molecule has 0 atom stereocenters. The number of rotatable bonds is 4. The van der Waals surface area contributed by atoms with Crippen LogP contribution in [0.25, 0.3) is 11.1 Å². The monoisotopic (exact) mass is 281 g/mol. The van der Waals surface area contributed by atoms with E-state index in [2.05, 4.69) is 16.6 Å². The van der Waals surface area contributed by atoms with E-state index < -0.39 is 11.9 Å². The van der Waals surface area contributed by atoms with Gasteiger partial charge < -0.3 is 10.1 Å². The first kappa shape index (κ1) is 14.5. The van der Waals surface area contributed by atoms with E-state index in [0.29, 0.717) is 5.56 Å². The van der Waals surface area contributed by atoms with E-state index >= 15 is 0 Å². The van der Waals surface area contributed by atoms with Gasteiger partial charge in [0.25, 0.3) is 5.91 Å². The Morgan fingerprint density at radius 1 is 0.952 bits per heavy atom. The van der Waals surface area contributed by atoms with E-state index in [0.717, 1.165) is 11.1 Å². The first-order chi connectivity index (χ1) is 10.1. The summed E-state index contributed by atoms with van der Waals surface area (Å²) in [5, 5.41) is 2.40. The second-order valence-corrected chi connectivity index (χ2v) is 4.37. The minimum Gasteiger partial charge on any atom is -0.464 e. The summed E-state index contributed by atoms with van der Waals surface area (Å²) in [5.41, 5.74) is 2.44. The molecule has 0 aliphatic rings. The molecule has 0 saturated carbocycles. The molecule has 4 nitrogen and oxygen atoms in total. The summed E-state index contributed by atoms with van der Waals surface area (Å²) in [6.07, 6.45) is 0. The largest absolute Gasteiger partial charge is 0.464 e. The molecule has 2 rings (SSSR count). The molecule has 0 heterocycles. The Hall–Kier alpha value is -2.88. The number of methoxy groups -OCH3 is 1. The van der Waals surface area contributed by atoms with Gasteiger partial charge in [-0.2, -0.15) is 0 Å². The van der Waals surface area contributed by atoms with Crippen molar-refractivity contribution in [2.75, 3.05) is 7.11 Å². The molecule has 0 aliphatic carbocycles. The van der Waals surface area contributed by atoms with Gasteiger partial charge in [-0.25, -0.2) is 4.79 Å². The maximum Gasteiger partial charge on any atom is 0.353 e. The lowest BCUT2D eigenvalue weighted by molar-refractivity contribution is -0.136. The van der Waals surface area contributed by atoms with E-state index in [1.807, 2.05) is 42.5 Å². The minimum absolute atomic E-state index is 0.0883. The summed E-state index contributed by atoms with van der Waals surface area (Å²) in [6, 6.07) is 16.9. The van der Waals surface area contributed by atoms with Gasteiger partial charge in [-0.05, 0) is 23.3 Å². The van der Waals surface area contributed by atoms with Crippen LogP contribution >= 0.6 is 0 Å². The van der Waals surface area contributed by atoms with Crippen molar-refractivity contribution < 1.29 is 14.3 Å². The van der Waals surface area contributed by atoms with Crippen LogP contribution in [-0.4, -0.2) is 19.0 Å². The van der Waals surface area contributed by atoms with Gasteiger partial charge in [0.15, 0.2) is 0 Å². The molecule has 0 bridgehead atoms. The summed E-state index contributed by atoms with van der Waals surface area (Å²) >= 11 is 0. The lowest BCUT2D eigenvalue weighted by atomic mass is 10.0. The number of carbonyl (C=O) groups is 2. The quantitative estimate of drug-likeness (QED) is 0.692. The van der Waals surface area contributed by atoms with Crippen LogP contribution in [0, 0.1) is 0 Å². The number of esters is 1. The standard InChI is InChI=1S/C17H15NO3/c1-12(17(20)21-2)18-16(19)15-10-8-14(9-11-15)13-6-4-3-5-7-13/h3-11H,1H2,2H3,(H,18,19). The Kier molecular flexibility index (Phi) is 4.51. The molecule has 0 saturated heterocycles. The molecule has 1 N–H and O–H groups in total. The summed E-state index contributed by atoms with van der Waals surface area (Å²) in [7, 11) is 1.23. The summed E-state index contributed by atoms with van der Waals surface area (Å²) in [5.74, 6) is -1.06. The molecule has 2 aromatic carbocycles. The van der Waals surface area contributed by atoms with Crippen LogP contribution in [0.4, 0.5) is 0 Å². The molecule has 1 amide bonds. The van der Waals surface area contributed by atoms with Crippen LogP contribution in [-0.2, 0) is 9.53 Å². The molecule has 0 aromatic heterocycles. The third kappa shape index (κ3) is 3.57. The molecular weight excluding hydrogens is 266 g/mol. The predicted octanol–water partition coefficient (Wildman–Crippen LogP) is 2.77. The third-order valence-electron chi connectivity index (χ3n) is 2.95. The first-order valence-corrected chi connectivity index (χ1v) is 6.36. The average Bonchev–Trinajstić information content (AvgIpc) is 2.55. The highest BCUT2D eigenvalue weighted by molar-refractivity contribution is 6.00. The van der Waals surface area contributed by atoms with Crippen molar-refractivity contribution in [2.45, 2.75) is 0 Å². The number of benzene rings is 2. The SMILES string of the molecule is C=C(NC(=O)c1ccc(-c2ccccc2)cc1)C(=O)OC. The maximum absolute atomic E-state index is 11.9. The van der Waals surface area contributed by atoms with Gasteiger partial charge in [-0.3, -0.25) is 4.79 Å². The zero-order chi connectivity index (χ0) is 15.2. The average molecular weight is 281 g/mol. The van der Waals surface area contributed by atoms with Gasteiger partial charge >= 0.3 is 5.97 Å². The Bertz CT molecular complexity index is 660. The predicted molar refractivity (Wildman–Crippen MR) is 80.5 cm³/mol. The number of ether oxygens (including phenoxy) is 1. The van der Waals surface area contributed by atoms with Gasteiger partial charge in [0.2, 0.25) is 0 Å². The van der Waals surface area contributed by atoms with Crippen molar-refractivity contribution in [3.63, 3.8) is 0 Å².